The van der Waals surface area contributed by atoms with Gasteiger partial charge in [-0.05, 0) is 72.6 Å². The number of benzene rings is 3. The molecule has 1 N–H and O–H groups in total. The van der Waals surface area contributed by atoms with E-state index in [-0.39, 0.29) is 24.8 Å². The molecule has 0 radical (unpaired) electrons. The van der Waals surface area contributed by atoms with E-state index in [2.05, 4.69) is 5.32 Å². The first-order chi connectivity index (χ1) is 18.9. The fraction of sp³-hybridized carbons (Fsp3) is 0.276. The summed E-state index contributed by atoms with van der Waals surface area (Å²) in [5.74, 6) is 1.41. The maximum absolute atomic E-state index is 13.4. The summed E-state index contributed by atoms with van der Waals surface area (Å²) in [5.41, 5.74) is 2.08. The summed E-state index contributed by atoms with van der Waals surface area (Å²) in [6.07, 6.45) is 0.940. The van der Waals surface area contributed by atoms with Gasteiger partial charge in [-0.3, -0.25) is 14.5 Å². The zero-order valence-corrected chi connectivity index (χ0v) is 23.6. The third-order valence-corrected chi connectivity index (χ3v) is 7.31. The Hall–Kier alpha value is -3.69. The van der Waals surface area contributed by atoms with Gasteiger partial charge in [0.25, 0.3) is 0 Å². The third-order valence-electron chi connectivity index (χ3n) is 5.87. The number of amidine groups is 1. The van der Waals surface area contributed by atoms with Crippen LogP contribution in [-0.4, -0.2) is 48.0 Å². The monoisotopic (exact) mass is 567 g/mol. The predicted molar refractivity (Wildman–Crippen MR) is 155 cm³/mol. The van der Waals surface area contributed by atoms with Gasteiger partial charge in [-0.2, -0.15) is 0 Å². The summed E-state index contributed by atoms with van der Waals surface area (Å²) in [6.45, 7) is 2.92. The van der Waals surface area contributed by atoms with E-state index in [1.165, 1.54) is 11.8 Å². The lowest BCUT2D eigenvalue weighted by Gasteiger charge is -2.32. The number of nitrogens with one attached hydrogen (secondary N) is 1. The highest BCUT2D eigenvalue weighted by molar-refractivity contribution is 8.15. The number of hydrogen-bond donors (Lipinski definition) is 1. The average molecular weight is 568 g/mol. The van der Waals surface area contributed by atoms with E-state index in [4.69, 9.17) is 30.8 Å². The number of rotatable bonds is 10. The molecule has 1 unspecified atom stereocenters. The van der Waals surface area contributed by atoms with Crippen LogP contribution in [0.2, 0.25) is 5.02 Å². The first-order valence-corrected chi connectivity index (χ1v) is 13.7. The molecule has 0 spiro atoms. The van der Waals surface area contributed by atoms with Crippen LogP contribution in [0.1, 0.15) is 25.3 Å². The summed E-state index contributed by atoms with van der Waals surface area (Å²) in [4.78, 5) is 32.9. The lowest BCUT2D eigenvalue weighted by Crippen LogP contribution is -2.44. The Balaban J connectivity index is 1.55. The first-order valence-electron chi connectivity index (χ1n) is 12.5. The second-order valence-corrected chi connectivity index (χ2v) is 10.3. The van der Waals surface area contributed by atoms with Crippen LogP contribution in [0.3, 0.4) is 0 Å². The van der Waals surface area contributed by atoms with Crippen LogP contribution < -0.4 is 19.5 Å². The van der Waals surface area contributed by atoms with Crippen LogP contribution in [0.4, 0.5) is 11.4 Å². The summed E-state index contributed by atoms with van der Waals surface area (Å²) in [5, 5.41) is 3.26. The van der Waals surface area contributed by atoms with Gasteiger partial charge in [0.05, 0.1) is 33.1 Å². The third kappa shape index (κ3) is 7.46. The molecule has 1 fully saturated rings. The number of aliphatic imine (C=N–C) groups is 1. The molecule has 1 atom stereocenters. The molecule has 3 aromatic rings. The number of carbonyl (C=O) groups is 2. The van der Waals surface area contributed by atoms with Crippen molar-refractivity contribution in [2.45, 2.75) is 31.6 Å². The Bertz CT molecular complexity index is 1330. The SMILES string of the molecule is CCCOc1ccc(NC(=O)C2CC(=O)N(Cc3ccc(OC)c(OC)c3)C(=Nc3ccc(Cl)cc3)S2)cc1. The largest absolute Gasteiger partial charge is 0.494 e. The molecule has 0 saturated carbocycles. The van der Waals surface area contributed by atoms with Gasteiger partial charge in [-0.15, -0.1) is 0 Å². The molecule has 1 aliphatic rings. The van der Waals surface area contributed by atoms with E-state index < -0.39 is 5.25 Å². The number of ether oxygens (including phenoxy) is 3. The molecule has 204 valence electrons. The lowest BCUT2D eigenvalue weighted by atomic mass is 10.1. The van der Waals surface area contributed by atoms with Crippen molar-refractivity contribution < 1.29 is 23.8 Å². The predicted octanol–water partition coefficient (Wildman–Crippen LogP) is 6.31. The van der Waals surface area contributed by atoms with Crippen molar-refractivity contribution >= 4 is 51.7 Å². The molecule has 1 heterocycles. The summed E-state index contributed by atoms with van der Waals surface area (Å²) < 4.78 is 16.4. The van der Waals surface area contributed by atoms with Crippen LogP contribution in [0.15, 0.2) is 71.7 Å². The number of anilines is 1. The fourth-order valence-corrected chi connectivity index (χ4v) is 5.09. The van der Waals surface area contributed by atoms with Crippen LogP contribution in [0, 0.1) is 0 Å². The Morgan fingerprint density at radius 1 is 1.05 bits per heavy atom. The van der Waals surface area contributed by atoms with Gasteiger partial charge >= 0.3 is 0 Å². The van der Waals surface area contributed by atoms with Gasteiger partial charge in [0.2, 0.25) is 11.8 Å². The summed E-state index contributed by atoms with van der Waals surface area (Å²) in [6, 6.07) is 19.7. The number of amides is 2. The van der Waals surface area contributed by atoms with Gasteiger partial charge in [0.1, 0.15) is 11.0 Å². The van der Waals surface area contributed by atoms with Crippen molar-refractivity contribution in [3.8, 4) is 17.2 Å². The van der Waals surface area contributed by atoms with E-state index in [1.54, 1.807) is 61.6 Å². The van der Waals surface area contributed by atoms with Crippen molar-refractivity contribution in [1.29, 1.82) is 0 Å². The van der Waals surface area contributed by atoms with E-state index in [1.807, 2.05) is 31.2 Å². The number of nitrogens with zero attached hydrogens (tertiary/aromatic N) is 2. The second kappa shape index (κ2) is 13.4. The Labute approximate surface area is 237 Å². The fourth-order valence-electron chi connectivity index (χ4n) is 3.86. The van der Waals surface area contributed by atoms with E-state index >= 15 is 0 Å². The number of carbonyl (C=O) groups excluding carboxylic acids is 2. The quantitative estimate of drug-likeness (QED) is 0.309. The van der Waals surface area contributed by atoms with Crippen LogP contribution in [-0.2, 0) is 16.1 Å². The lowest BCUT2D eigenvalue weighted by molar-refractivity contribution is -0.129. The Morgan fingerprint density at radius 2 is 1.77 bits per heavy atom. The molecule has 39 heavy (non-hydrogen) atoms. The zero-order chi connectivity index (χ0) is 27.8. The second-order valence-electron chi connectivity index (χ2n) is 8.71. The number of thioether (sulfide) groups is 1. The van der Waals surface area contributed by atoms with Crippen molar-refractivity contribution in [2.24, 2.45) is 4.99 Å². The van der Waals surface area contributed by atoms with Crippen LogP contribution in [0.5, 0.6) is 17.2 Å². The molecule has 3 aromatic carbocycles. The van der Waals surface area contributed by atoms with Crippen molar-refractivity contribution in [2.75, 3.05) is 26.1 Å². The van der Waals surface area contributed by atoms with Gasteiger partial charge < -0.3 is 19.5 Å². The van der Waals surface area contributed by atoms with Crippen molar-refractivity contribution in [3.05, 3.63) is 77.3 Å². The van der Waals surface area contributed by atoms with Gasteiger partial charge in [-0.1, -0.05) is 36.4 Å². The molecule has 0 aromatic heterocycles. The molecular weight excluding hydrogens is 538 g/mol. The van der Waals surface area contributed by atoms with Crippen molar-refractivity contribution in [3.63, 3.8) is 0 Å². The zero-order valence-electron chi connectivity index (χ0n) is 22.0. The molecular formula is C29H30ClN3O5S. The van der Waals surface area contributed by atoms with Crippen LogP contribution >= 0.6 is 23.4 Å². The molecule has 0 aliphatic carbocycles. The minimum Gasteiger partial charge on any atom is -0.494 e. The number of halogens is 1. The number of hydrogen-bond acceptors (Lipinski definition) is 7. The van der Waals surface area contributed by atoms with Gasteiger partial charge in [-0.25, -0.2) is 4.99 Å². The normalized spacial score (nSPS) is 16.2. The Morgan fingerprint density at radius 3 is 2.44 bits per heavy atom. The summed E-state index contributed by atoms with van der Waals surface area (Å²) >= 11 is 7.29. The average Bonchev–Trinajstić information content (AvgIpc) is 2.95. The highest BCUT2D eigenvalue weighted by Crippen LogP contribution is 2.33. The van der Waals surface area contributed by atoms with Crippen molar-refractivity contribution in [1.82, 2.24) is 4.90 Å². The van der Waals surface area contributed by atoms with Gasteiger partial charge in [0.15, 0.2) is 16.7 Å². The van der Waals surface area contributed by atoms with E-state index in [0.717, 1.165) is 17.7 Å². The minimum atomic E-state index is -0.652. The highest BCUT2D eigenvalue weighted by Gasteiger charge is 2.36. The smallest absolute Gasteiger partial charge is 0.238 e. The topological polar surface area (TPSA) is 89.5 Å². The Kier molecular flexibility index (Phi) is 9.73. The molecule has 1 aliphatic heterocycles. The molecule has 1 saturated heterocycles. The number of methoxy groups -OCH3 is 2. The highest BCUT2D eigenvalue weighted by atomic mass is 35.5. The molecule has 8 nitrogen and oxygen atoms in total. The van der Waals surface area contributed by atoms with Gasteiger partial charge in [0, 0.05) is 17.1 Å². The molecule has 2 amide bonds. The van der Waals surface area contributed by atoms with Crippen LogP contribution in [0.25, 0.3) is 0 Å². The standard InChI is InChI=1S/C29H30ClN3O5S/c1-4-15-38-23-12-10-21(11-13-23)31-28(35)26-17-27(34)33(18-19-5-14-24(36-2)25(16-19)37-3)29(39-26)32-22-8-6-20(30)7-9-22/h5-14,16,26H,4,15,17-18H2,1-3H3,(H,31,35). The first kappa shape index (κ1) is 28.3. The van der Waals surface area contributed by atoms with E-state index in [0.29, 0.717) is 39.7 Å². The summed E-state index contributed by atoms with van der Waals surface area (Å²) in [7, 11) is 3.13. The minimum absolute atomic E-state index is 0.0289. The maximum atomic E-state index is 13.4. The maximum Gasteiger partial charge on any atom is 0.238 e. The molecule has 10 heteroatoms. The molecule has 4 rings (SSSR count). The molecule has 0 bridgehead atoms. The van der Waals surface area contributed by atoms with E-state index in [9.17, 15) is 9.59 Å².